The highest BCUT2D eigenvalue weighted by Gasteiger charge is 2.12. The molecule has 16 heavy (non-hydrogen) atoms. The van der Waals surface area contributed by atoms with E-state index < -0.39 is 17.2 Å². The number of methoxy groups -OCH3 is 1. The van der Waals surface area contributed by atoms with Crippen LogP contribution in [0.25, 0.3) is 0 Å². The molecule has 0 aromatic heterocycles. The summed E-state index contributed by atoms with van der Waals surface area (Å²) >= 11 is 3.44. The van der Waals surface area contributed by atoms with Crippen molar-refractivity contribution in [1.29, 1.82) is 0 Å². The topological polar surface area (TPSA) is 69.7 Å². The second-order valence-electron chi connectivity index (χ2n) is 2.87. The van der Waals surface area contributed by atoms with Crippen LogP contribution in [-0.4, -0.2) is 28.9 Å². The first-order valence-corrected chi connectivity index (χ1v) is 5.59. The third-order valence-electron chi connectivity index (χ3n) is 1.95. The van der Waals surface area contributed by atoms with Crippen LogP contribution in [0.4, 0.5) is 5.69 Å². The van der Waals surface area contributed by atoms with Crippen LogP contribution in [0.3, 0.4) is 0 Å². The molecule has 7 heteroatoms. The second-order valence-corrected chi connectivity index (χ2v) is 4.26. The molecule has 0 radical (unpaired) electrons. The zero-order valence-electron chi connectivity index (χ0n) is 8.60. The Morgan fingerprint density at radius 3 is 2.62 bits per heavy atom. The highest BCUT2D eigenvalue weighted by atomic mass is 35.5. The van der Waals surface area contributed by atoms with Gasteiger partial charge in [-0.25, -0.2) is 4.79 Å². The first-order chi connectivity index (χ1) is 7.47. The summed E-state index contributed by atoms with van der Waals surface area (Å²) in [5, 5.41) is 0.140. The Morgan fingerprint density at radius 2 is 2.19 bits per heavy atom. The fraction of sp³-hybridized carbons (Fsp3) is 0.222. The number of hydrogen-bond donors (Lipinski definition) is 0. The molecule has 0 bridgehead atoms. The molecule has 0 heterocycles. The van der Waals surface area contributed by atoms with Crippen LogP contribution in [0.2, 0.25) is 5.02 Å². The van der Waals surface area contributed by atoms with E-state index in [1.165, 1.54) is 32.4 Å². The van der Waals surface area contributed by atoms with Crippen molar-refractivity contribution in [2.45, 2.75) is 0 Å². The molecule has 0 fully saturated rings. The number of anilines is 1. The lowest BCUT2D eigenvalue weighted by Crippen LogP contribution is -2.19. The molecule has 1 aromatic rings. The Hall–Kier alpha value is -1.11. The van der Waals surface area contributed by atoms with Crippen LogP contribution >= 0.6 is 11.6 Å². The van der Waals surface area contributed by atoms with Crippen molar-refractivity contribution in [2.75, 3.05) is 18.5 Å². The number of carbonyl (C=O) groups excluding carboxylic acids is 1. The van der Waals surface area contributed by atoms with E-state index in [2.05, 4.69) is 4.74 Å². The van der Waals surface area contributed by atoms with Crippen LogP contribution in [0.1, 0.15) is 10.4 Å². The van der Waals surface area contributed by atoms with E-state index >= 15 is 0 Å². The van der Waals surface area contributed by atoms with Crippen LogP contribution in [0.5, 0.6) is 0 Å². The lowest BCUT2D eigenvalue weighted by molar-refractivity contribution is 0.0601. The molecule has 0 aliphatic heterocycles. The van der Waals surface area contributed by atoms with Gasteiger partial charge in [-0.1, -0.05) is 11.6 Å². The molecular formula is C9H9ClNO4S-. The van der Waals surface area contributed by atoms with E-state index in [1.54, 1.807) is 0 Å². The number of benzene rings is 1. The molecule has 0 spiro atoms. The zero-order chi connectivity index (χ0) is 12.3. The van der Waals surface area contributed by atoms with Gasteiger partial charge in [0.05, 0.1) is 17.7 Å². The summed E-state index contributed by atoms with van der Waals surface area (Å²) in [6.07, 6.45) is 0. The van der Waals surface area contributed by atoms with E-state index in [-0.39, 0.29) is 10.6 Å². The van der Waals surface area contributed by atoms with E-state index in [4.69, 9.17) is 11.6 Å². The van der Waals surface area contributed by atoms with E-state index in [0.717, 1.165) is 4.31 Å². The van der Waals surface area contributed by atoms with Gasteiger partial charge >= 0.3 is 5.97 Å². The standard InChI is InChI=1S/C9H10ClNO4S/c1-11(16(13)14)6-3-4-7(8(10)5-6)9(12)15-2/h3-5H,1-2H3,(H,13,14)/p-1. The smallest absolute Gasteiger partial charge is 0.339 e. The summed E-state index contributed by atoms with van der Waals surface area (Å²) in [4.78, 5) is 11.2. The predicted octanol–water partition coefficient (Wildman–Crippen LogP) is 1.36. The van der Waals surface area contributed by atoms with Gasteiger partial charge in [0.15, 0.2) is 0 Å². The maximum Gasteiger partial charge on any atom is 0.339 e. The number of nitrogens with zero attached hydrogens (tertiary/aromatic N) is 1. The fourth-order valence-electron chi connectivity index (χ4n) is 1.06. The molecule has 1 unspecified atom stereocenters. The molecule has 0 N–H and O–H groups in total. The molecule has 0 aliphatic rings. The Balaban J connectivity index is 3.08. The molecule has 0 aliphatic carbocycles. The van der Waals surface area contributed by atoms with Gasteiger partial charge in [0.2, 0.25) is 0 Å². The number of esters is 1. The molecule has 1 aromatic carbocycles. The first kappa shape index (κ1) is 13.0. The molecule has 1 atom stereocenters. The summed E-state index contributed by atoms with van der Waals surface area (Å²) in [5.74, 6) is -0.567. The van der Waals surface area contributed by atoms with Gasteiger partial charge in [-0.3, -0.25) is 4.21 Å². The zero-order valence-corrected chi connectivity index (χ0v) is 10.2. The second kappa shape index (κ2) is 5.29. The molecule has 5 nitrogen and oxygen atoms in total. The summed E-state index contributed by atoms with van der Waals surface area (Å²) in [6, 6.07) is 4.25. The third kappa shape index (κ3) is 2.72. The largest absolute Gasteiger partial charge is 0.755 e. The SMILES string of the molecule is COC(=O)c1ccc(N(C)S(=O)[O-])cc1Cl. The summed E-state index contributed by atoms with van der Waals surface area (Å²) in [7, 11) is 2.61. The van der Waals surface area contributed by atoms with Gasteiger partial charge in [0, 0.05) is 24.0 Å². The van der Waals surface area contributed by atoms with Crippen LogP contribution < -0.4 is 4.31 Å². The minimum absolute atomic E-state index is 0.140. The number of halogens is 1. The minimum atomic E-state index is -2.38. The highest BCUT2D eigenvalue weighted by Crippen LogP contribution is 2.24. The van der Waals surface area contributed by atoms with Crippen molar-refractivity contribution in [3.63, 3.8) is 0 Å². The van der Waals surface area contributed by atoms with Crippen LogP contribution in [-0.2, 0) is 16.0 Å². The van der Waals surface area contributed by atoms with Gasteiger partial charge in [-0.15, -0.1) is 0 Å². The molecule has 0 saturated heterocycles. The van der Waals surface area contributed by atoms with Gasteiger partial charge in [-0.05, 0) is 18.2 Å². The van der Waals surface area contributed by atoms with E-state index in [1.807, 2.05) is 0 Å². The average molecular weight is 263 g/mol. The van der Waals surface area contributed by atoms with Gasteiger partial charge < -0.3 is 13.6 Å². The molecule has 0 saturated carbocycles. The number of rotatable bonds is 3. The first-order valence-electron chi connectivity index (χ1n) is 4.18. The van der Waals surface area contributed by atoms with Crippen molar-refractivity contribution < 1.29 is 18.3 Å². The maximum atomic E-state index is 11.2. The van der Waals surface area contributed by atoms with Crippen LogP contribution in [0.15, 0.2) is 18.2 Å². The predicted molar refractivity (Wildman–Crippen MR) is 60.1 cm³/mol. The number of carbonyl (C=O) groups is 1. The van der Waals surface area contributed by atoms with Crippen molar-refractivity contribution in [2.24, 2.45) is 0 Å². The summed E-state index contributed by atoms with van der Waals surface area (Å²) < 4.78 is 26.9. The molecule has 88 valence electrons. The van der Waals surface area contributed by atoms with Gasteiger partial charge in [0.25, 0.3) is 0 Å². The van der Waals surface area contributed by atoms with Gasteiger partial charge in [-0.2, -0.15) is 0 Å². The van der Waals surface area contributed by atoms with Gasteiger partial charge in [0.1, 0.15) is 0 Å². The van der Waals surface area contributed by atoms with E-state index in [9.17, 15) is 13.6 Å². The van der Waals surface area contributed by atoms with Crippen molar-refractivity contribution in [3.8, 4) is 0 Å². The third-order valence-corrected chi connectivity index (χ3v) is 2.92. The molecule has 1 rings (SSSR count). The normalized spacial score (nSPS) is 12.0. The monoisotopic (exact) mass is 262 g/mol. The molecule has 0 amide bonds. The summed E-state index contributed by atoms with van der Waals surface area (Å²) in [6.45, 7) is 0. The van der Waals surface area contributed by atoms with Crippen molar-refractivity contribution in [1.82, 2.24) is 0 Å². The lowest BCUT2D eigenvalue weighted by Gasteiger charge is -2.21. The fourth-order valence-corrected chi connectivity index (χ4v) is 1.60. The van der Waals surface area contributed by atoms with Crippen molar-refractivity contribution in [3.05, 3.63) is 28.8 Å². The number of hydrogen-bond acceptors (Lipinski definition) is 4. The van der Waals surface area contributed by atoms with Crippen molar-refractivity contribution >= 4 is 34.5 Å². The lowest BCUT2D eigenvalue weighted by atomic mass is 10.2. The molecular weight excluding hydrogens is 254 g/mol. The Kier molecular flexibility index (Phi) is 4.28. The Bertz CT molecular complexity index is 438. The summed E-state index contributed by atoms with van der Waals surface area (Å²) in [5.41, 5.74) is 0.559. The quantitative estimate of drug-likeness (QED) is 0.609. The Labute approximate surface area is 100 Å². The van der Waals surface area contributed by atoms with Crippen LogP contribution in [0, 0.1) is 0 Å². The highest BCUT2D eigenvalue weighted by molar-refractivity contribution is 7.80. The maximum absolute atomic E-state index is 11.2. The Morgan fingerprint density at radius 1 is 1.56 bits per heavy atom. The average Bonchev–Trinajstić information content (AvgIpc) is 2.26. The minimum Gasteiger partial charge on any atom is -0.755 e. The number of ether oxygens (including phenoxy) is 1. The van der Waals surface area contributed by atoms with E-state index in [0.29, 0.717) is 5.69 Å².